The molecule has 0 atom stereocenters. The van der Waals surface area contributed by atoms with Crippen LogP contribution in [0.4, 0.5) is 5.69 Å². The number of amides is 1. The molecule has 3 rings (SSSR count). The van der Waals surface area contributed by atoms with Crippen molar-refractivity contribution < 1.29 is 13.2 Å². The van der Waals surface area contributed by atoms with Crippen molar-refractivity contribution in [3.05, 3.63) is 59.7 Å². The summed E-state index contributed by atoms with van der Waals surface area (Å²) in [5.41, 5.74) is 2.10. The first-order valence-electron chi connectivity index (χ1n) is 9.31. The van der Waals surface area contributed by atoms with E-state index in [4.69, 9.17) is 0 Å². The van der Waals surface area contributed by atoms with E-state index in [1.165, 1.54) is 10.4 Å². The van der Waals surface area contributed by atoms with Gasteiger partial charge in [0.15, 0.2) is 0 Å². The van der Waals surface area contributed by atoms with Crippen LogP contribution in [-0.4, -0.2) is 37.9 Å². The third-order valence-corrected chi connectivity index (χ3v) is 7.53. The van der Waals surface area contributed by atoms with E-state index in [9.17, 15) is 13.2 Å². The van der Waals surface area contributed by atoms with Crippen LogP contribution < -0.4 is 9.62 Å². The van der Waals surface area contributed by atoms with Gasteiger partial charge in [-0.1, -0.05) is 45.0 Å². The standard InChI is InChI=1S/C21H26N2O3S2/c1-21(2,3)27-14-12-22-20(24)17-8-6-9-18(15-17)28(25,26)23-13-11-16-7-4-5-10-19(16)23/h4-10,15H,11-14H2,1-3H3,(H,22,24). The molecule has 0 unspecified atom stereocenters. The van der Waals surface area contributed by atoms with E-state index in [0.717, 1.165) is 17.0 Å². The molecule has 1 amide bonds. The van der Waals surface area contributed by atoms with Gasteiger partial charge in [-0.25, -0.2) is 8.42 Å². The summed E-state index contributed by atoms with van der Waals surface area (Å²) in [4.78, 5) is 12.6. The van der Waals surface area contributed by atoms with Crippen molar-refractivity contribution in [2.24, 2.45) is 0 Å². The second-order valence-corrected chi connectivity index (χ2v) is 11.5. The molecule has 1 N–H and O–H groups in total. The largest absolute Gasteiger partial charge is 0.351 e. The molecule has 0 aliphatic carbocycles. The molecule has 2 aromatic carbocycles. The normalized spacial score (nSPS) is 14.0. The van der Waals surface area contributed by atoms with Crippen LogP contribution in [0.5, 0.6) is 0 Å². The van der Waals surface area contributed by atoms with Gasteiger partial charge in [0, 0.05) is 29.2 Å². The van der Waals surface area contributed by atoms with Gasteiger partial charge in [0.25, 0.3) is 15.9 Å². The molecule has 1 heterocycles. The molecule has 1 aliphatic rings. The van der Waals surface area contributed by atoms with Crippen molar-refractivity contribution >= 4 is 33.4 Å². The van der Waals surface area contributed by atoms with E-state index < -0.39 is 10.0 Å². The monoisotopic (exact) mass is 418 g/mol. The summed E-state index contributed by atoms with van der Waals surface area (Å²) in [6.07, 6.45) is 0.695. The van der Waals surface area contributed by atoms with Gasteiger partial charge in [-0.05, 0) is 36.2 Å². The van der Waals surface area contributed by atoms with Crippen LogP contribution in [0.15, 0.2) is 53.4 Å². The molecule has 0 spiro atoms. The van der Waals surface area contributed by atoms with Gasteiger partial charge in [-0.2, -0.15) is 11.8 Å². The molecule has 150 valence electrons. The Bertz CT molecular complexity index is 966. The Morgan fingerprint density at radius 1 is 1.14 bits per heavy atom. The number of nitrogens with zero attached hydrogens (tertiary/aromatic N) is 1. The number of hydrogen-bond donors (Lipinski definition) is 1. The second kappa shape index (κ2) is 8.17. The zero-order valence-electron chi connectivity index (χ0n) is 16.4. The number of carbonyl (C=O) groups excluding carboxylic acids is 1. The highest BCUT2D eigenvalue weighted by Gasteiger charge is 2.30. The molecule has 0 saturated heterocycles. The van der Waals surface area contributed by atoms with Crippen LogP contribution in [0.3, 0.4) is 0 Å². The molecular weight excluding hydrogens is 392 g/mol. The summed E-state index contributed by atoms with van der Waals surface area (Å²) in [7, 11) is -3.70. The van der Waals surface area contributed by atoms with E-state index in [-0.39, 0.29) is 15.5 Å². The predicted octanol–water partition coefficient (Wildman–Crippen LogP) is 3.70. The molecule has 2 aromatic rings. The smallest absolute Gasteiger partial charge is 0.264 e. The number of sulfonamides is 1. The average Bonchev–Trinajstić information content (AvgIpc) is 3.09. The van der Waals surface area contributed by atoms with Crippen LogP contribution >= 0.6 is 11.8 Å². The molecular formula is C21H26N2O3S2. The van der Waals surface area contributed by atoms with Crippen molar-refractivity contribution in [1.29, 1.82) is 0 Å². The Balaban J connectivity index is 1.73. The van der Waals surface area contributed by atoms with Crippen molar-refractivity contribution in [3.63, 3.8) is 0 Å². The topological polar surface area (TPSA) is 66.5 Å². The zero-order valence-corrected chi connectivity index (χ0v) is 18.1. The van der Waals surface area contributed by atoms with Gasteiger partial charge in [-0.3, -0.25) is 9.10 Å². The lowest BCUT2D eigenvalue weighted by Crippen LogP contribution is -2.30. The fraction of sp³-hybridized carbons (Fsp3) is 0.381. The summed E-state index contributed by atoms with van der Waals surface area (Å²) in [6.45, 7) is 7.35. The first-order chi connectivity index (χ1) is 13.2. The lowest BCUT2D eigenvalue weighted by molar-refractivity contribution is 0.0956. The zero-order chi connectivity index (χ0) is 20.4. The van der Waals surface area contributed by atoms with Gasteiger partial charge in [0.2, 0.25) is 0 Å². The maximum absolute atomic E-state index is 13.1. The molecule has 5 nitrogen and oxygen atoms in total. The Labute approximate surface area is 171 Å². The Hall–Kier alpha value is -1.99. The summed E-state index contributed by atoms with van der Waals surface area (Å²) in [5.74, 6) is 0.547. The maximum atomic E-state index is 13.1. The number of fused-ring (bicyclic) bond motifs is 1. The number of thioether (sulfide) groups is 1. The fourth-order valence-corrected chi connectivity index (χ4v) is 5.47. The van der Waals surface area contributed by atoms with Crippen LogP contribution in [0.2, 0.25) is 0 Å². The van der Waals surface area contributed by atoms with E-state index in [2.05, 4.69) is 26.1 Å². The number of anilines is 1. The molecule has 28 heavy (non-hydrogen) atoms. The highest BCUT2D eigenvalue weighted by atomic mass is 32.2. The molecule has 0 aromatic heterocycles. The quantitative estimate of drug-likeness (QED) is 0.727. The summed E-state index contributed by atoms with van der Waals surface area (Å²) in [5, 5.41) is 2.87. The van der Waals surface area contributed by atoms with E-state index in [1.54, 1.807) is 30.0 Å². The highest BCUT2D eigenvalue weighted by molar-refractivity contribution is 8.00. The Morgan fingerprint density at radius 3 is 2.64 bits per heavy atom. The minimum absolute atomic E-state index is 0.140. The van der Waals surface area contributed by atoms with E-state index >= 15 is 0 Å². The van der Waals surface area contributed by atoms with E-state index in [1.807, 2.05) is 24.3 Å². The summed E-state index contributed by atoms with van der Waals surface area (Å²) < 4.78 is 27.8. The number of para-hydroxylation sites is 1. The lowest BCUT2D eigenvalue weighted by atomic mass is 10.2. The number of benzene rings is 2. The van der Waals surface area contributed by atoms with Crippen molar-refractivity contribution in [2.45, 2.75) is 36.8 Å². The number of nitrogens with one attached hydrogen (secondary N) is 1. The number of carbonyl (C=O) groups is 1. The van der Waals surface area contributed by atoms with Crippen molar-refractivity contribution in [3.8, 4) is 0 Å². The van der Waals surface area contributed by atoms with Gasteiger partial charge in [-0.15, -0.1) is 0 Å². The fourth-order valence-electron chi connectivity index (χ4n) is 3.11. The van der Waals surface area contributed by atoms with Crippen LogP contribution in [0, 0.1) is 0 Å². The first-order valence-corrected chi connectivity index (χ1v) is 11.7. The summed E-state index contributed by atoms with van der Waals surface area (Å²) in [6, 6.07) is 13.8. The second-order valence-electron chi connectivity index (χ2n) is 7.70. The van der Waals surface area contributed by atoms with Gasteiger partial charge in [0.05, 0.1) is 10.6 Å². The maximum Gasteiger partial charge on any atom is 0.264 e. The van der Waals surface area contributed by atoms with Crippen LogP contribution in [-0.2, 0) is 16.4 Å². The SMILES string of the molecule is CC(C)(C)SCCNC(=O)c1cccc(S(=O)(=O)N2CCc3ccccc32)c1. The third kappa shape index (κ3) is 4.70. The summed E-state index contributed by atoms with van der Waals surface area (Å²) >= 11 is 1.77. The van der Waals surface area contributed by atoms with Gasteiger partial charge in [0.1, 0.15) is 0 Å². The number of hydrogen-bond acceptors (Lipinski definition) is 4. The molecule has 0 radical (unpaired) electrons. The molecule has 7 heteroatoms. The highest BCUT2D eigenvalue weighted by Crippen LogP contribution is 2.32. The molecule has 0 saturated carbocycles. The molecule has 1 aliphatic heterocycles. The molecule has 0 bridgehead atoms. The minimum atomic E-state index is -3.70. The van der Waals surface area contributed by atoms with Crippen molar-refractivity contribution in [2.75, 3.05) is 23.1 Å². The average molecular weight is 419 g/mol. The van der Waals surface area contributed by atoms with Crippen molar-refractivity contribution in [1.82, 2.24) is 5.32 Å². The van der Waals surface area contributed by atoms with Crippen LogP contribution in [0.1, 0.15) is 36.7 Å². The Morgan fingerprint density at radius 2 is 1.89 bits per heavy atom. The van der Waals surface area contributed by atoms with Crippen LogP contribution in [0.25, 0.3) is 0 Å². The lowest BCUT2D eigenvalue weighted by Gasteiger charge is -2.20. The van der Waals surface area contributed by atoms with Gasteiger partial charge >= 0.3 is 0 Å². The van der Waals surface area contributed by atoms with Gasteiger partial charge < -0.3 is 5.32 Å². The predicted molar refractivity (Wildman–Crippen MR) is 116 cm³/mol. The Kier molecular flexibility index (Phi) is 6.05. The molecule has 0 fully saturated rings. The third-order valence-electron chi connectivity index (χ3n) is 4.45. The minimum Gasteiger partial charge on any atom is -0.351 e. The number of rotatable bonds is 6. The first kappa shape index (κ1) is 20.7. The van der Waals surface area contributed by atoms with E-state index in [0.29, 0.717) is 25.1 Å².